The van der Waals surface area contributed by atoms with Gasteiger partial charge in [-0.25, -0.2) is 0 Å². The number of likely N-dealkylation sites (tertiary alicyclic amines) is 1. The number of alkyl halides is 3. The monoisotopic (exact) mass is 469 g/mol. The number of rotatable bonds is 3. The summed E-state index contributed by atoms with van der Waals surface area (Å²) in [5.41, 5.74) is -0.402. The summed E-state index contributed by atoms with van der Waals surface area (Å²) >= 11 is 0. The second-order valence-corrected chi connectivity index (χ2v) is 9.63. The lowest BCUT2D eigenvalue weighted by molar-refractivity contribution is -0.154. The zero-order chi connectivity index (χ0) is 22.9. The van der Waals surface area contributed by atoms with Crippen molar-refractivity contribution >= 4 is 17.7 Å². The van der Waals surface area contributed by atoms with Crippen molar-refractivity contribution in [2.75, 3.05) is 42.6 Å². The van der Waals surface area contributed by atoms with E-state index < -0.39 is 30.2 Å². The Bertz CT molecular complexity index is 1000. The first-order chi connectivity index (χ1) is 15.8. The van der Waals surface area contributed by atoms with Gasteiger partial charge in [-0.05, 0) is 25.7 Å². The maximum atomic E-state index is 14.0. The van der Waals surface area contributed by atoms with E-state index in [1.54, 1.807) is 4.90 Å². The zero-order valence-electron chi connectivity index (χ0n) is 18.0. The van der Waals surface area contributed by atoms with E-state index >= 15 is 0 Å². The Kier molecular flexibility index (Phi) is 4.88. The summed E-state index contributed by atoms with van der Waals surface area (Å²) < 4.78 is 54.6. The SMILES string of the molecule is O=C(CN1c2nc(N3CC4C[C@H]3CO4)cc(=O)n2CC[C@H]1C(F)(F)F)N1CC2CC[C@@H](C1)O2. The Morgan fingerprint density at radius 1 is 1.12 bits per heavy atom. The van der Waals surface area contributed by atoms with E-state index in [9.17, 15) is 22.8 Å². The third-order valence-electron chi connectivity index (χ3n) is 7.51. The molecule has 2 unspecified atom stereocenters. The maximum absolute atomic E-state index is 14.0. The summed E-state index contributed by atoms with van der Waals surface area (Å²) in [4.78, 5) is 35.0. The predicted octanol–water partition coefficient (Wildman–Crippen LogP) is 0.752. The molecule has 1 aromatic heterocycles. The molecule has 12 heteroatoms. The number of carbonyl (C=O) groups excluding carboxylic acids is 1. The van der Waals surface area contributed by atoms with Crippen LogP contribution < -0.4 is 15.4 Å². The highest BCUT2D eigenvalue weighted by Gasteiger charge is 2.48. The number of aromatic nitrogens is 2. The molecular formula is C21H26F3N5O4. The summed E-state index contributed by atoms with van der Waals surface area (Å²) in [6, 6.07) is -0.428. The smallest absolute Gasteiger partial charge is 0.374 e. The van der Waals surface area contributed by atoms with E-state index in [1.165, 1.54) is 10.6 Å². The Morgan fingerprint density at radius 3 is 2.52 bits per heavy atom. The standard InChI is InChI=1S/C21H26F3N5O4/c22-21(23,24)16-3-4-27-18(30)6-17(28-9-15-5-12(28)11-32-15)25-20(27)29(16)10-19(31)26-7-13-1-2-14(8-26)33-13/h6,12-16H,1-5,7-11H2/t12-,13-,14?,15?,16-/m0/s1. The molecule has 1 aromatic rings. The van der Waals surface area contributed by atoms with Crippen molar-refractivity contribution in [1.82, 2.24) is 14.5 Å². The lowest BCUT2D eigenvalue weighted by atomic mass is 10.1. The van der Waals surface area contributed by atoms with E-state index in [0.717, 1.165) is 24.2 Å². The molecule has 5 atom stereocenters. The number of hydrogen-bond donors (Lipinski definition) is 0. The van der Waals surface area contributed by atoms with Gasteiger partial charge in [-0.2, -0.15) is 18.2 Å². The molecule has 0 saturated carbocycles. The molecule has 180 valence electrons. The minimum atomic E-state index is -4.55. The number of nitrogens with zero attached hydrogens (tertiary/aromatic N) is 5. The van der Waals surface area contributed by atoms with Gasteiger partial charge in [0.05, 0.1) is 31.0 Å². The Balaban J connectivity index is 1.33. The quantitative estimate of drug-likeness (QED) is 0.647. The van der Waals surface area contributed by atoms with Gasteiger partial charge in [0.2, 0.25) is 11.9 Å². The van der Waals surface area contributed by atoms with Crippen molar-refractivity contribution in [3.05, 3.63) is 16.4 Å². The van der Waals surface area contributed by atoms with E-state index in [-0.39, 0.29) is 43.3 Å². The van der Waals surface area contributed by atoms with Crippen molar-refractivity contribution in [2.45, 2.75) is 68.8 Å². The van der Waals surface area contributed by atoms with Gasteiger partial charge in [0, 0.05) is 32.2 Å². The van der Waals surface area contributed by atoms with Crippen LogP contribution in [0.1, 0.15) is 25.7 Å². The van der Waals surface area contributed by atoms with Gasteiger partial charge < -0.3 is 24.2 Å². The zero-order valence-corrected chi connectivity index (χ0v) is 18.0. The van der Waals surface area contributed by atoms with Gasteiger partial charge in [0.1, 0.15) is 18.4 Å². The van der Waals surface area contributed by atoms with Crippen LogP contribution in [0.5, 0.6) is 0 Å². The van der Waals surface area contributed by atoms with Crippen molar-refractivity contribution < 1.29 is 27.4 Å². The normalized spacial score (nSPS) is 33.1. The highest BCUT2D eigenvalue weighted by atomic mass is 19.4. The number of hydrogen-bond acceptors (Lipinski definition) is 7. The van der Waals surface area contributed by atoms with Crippen LogP contribution >= 0.6 is 0 Å². The predicted molar refractivity (Wildman–Crippen MR) is 110 cm³/mol. The minimum Gasteiger partial charge on any atom is -0.374 e. The van der Waals surface area contributed by atoms with E-state index in [1.807, 2.05) is 4.90 Å². The van der Waals surface area contributed by atoms with Crippen LogP contribution in [-0.4, -0.2) is 89.7 Å². The molecule has 4 fully saturated rings. The number of ether oxygens (including phenoxy) is 2. The second-order valence-electron chi connectivity index (χ2n) is 9.63. The molecular weight excluding hydrogens is 443 g/mol. The van der Waals surface area contributed by atoms with Crippen molar-refractivity contribution in [2.24, 2.45) is 0 Å². The van der Waals surface area contributed by atoms with Gasteiger partial charge in [-0.1, -0.05) is 0 Å². The van der Waals surface area contributed by atoms with E-state index in [2.05, 4.69) is 4.98 Å². The van der Waals surface area contributed by atoms with Crippen molar-refractivity contribution in [3.8, 4) is 0 Å². The topological polar surface area (TPSA) is 80.1 Å². The Morgan fingerprint density at radius 2 is 1.88 bits per heavy atom. The number of amides is 1. The summed E-state index contributed by atoms with van der Waals surface area (Å²) in [6.45, 7) is 1.27. The fraction of sp³-hybridized carbons (Fsp3) is 0.762. The van der Waals surface area contributed by atoms with Crippen LogP contribution in [0.15, 0.2) is 10.9 Å². The summed E-state index contributed by atoms with van der Waals surface area (Å²) in [6.07, 6.45) is -2.40. The molecule has 4 saturated heterocycles. The van der Waals surface area contributed by atoms with Gasteiger partial charge in [-0.15, -0.1) is 0 Å². The Labute approximate surface area is 188 Å². The van der Waals surface area contributed by atoms with Gasteiger partial charge in [-0.3, -0.25) is 14.2 Å². The summed E-state index contributed by atoms with van der Waals surface area (Å²) in [7, 11) is 0. The highest BCUT2D eigenvalue weighted by molar-refractivity contribution is 5.81. The van der Waals surface area contributed by atoms with Crippen LogP contribution in [0.4, 0.5) is 24.9 Å². The molecule has 0 N–H and O–H groups in total. The third-order valence-corrected chi connectivity index (χ3v) is 7.51. The molecule has 1 amide bonds. The molecule has 9 nitrogen and oxygen atoms in total. The lowest BCUT2D eigenvalue weighted by Crippen LogP contribution is -2.57. The average molecular weight is 469 g/mol. The van der Waals surface area contributed by atoms with Gasteiger partial charge in [0.25, 0.3) is 5.56 Å². The van der Waals surface area contributed by atoms with Gasteiger partial charge >= 0.3 is 6.18 Å². The Hall–Kier alpha value is -2.34. The maximum Gasteiger partial charge on any atom is 0.408 e. The number of carbonyl (C=O) groups is 1. The first-order valence-corrected chi connectivity index (χ1v) is 11.5. The molecule has 0 aliphatic carbocycles. The molecule has 0 spiro atoms. The molecule has 33 heavy (non-hydrogen) atoms. The first-order valence-electron chi connectivity index (χ1n) is 11.5. The third kappa shape index (κ3) is 3.67. The lowest BCUT2D eigenvalue weighted by Gasteiger charge is -2.41. The van der Waals surface area contributed by atoms with Crippen molar-refractivity contribution in [3.63, 3.8) is 0 Å². The second kappa shape index (κ2) is 7.59. The number of morpholine rings is 2. The highest BCUT2D eigenvalue weighted by Crippen LogP contribution is 2.36. The molecule has 6 rings (SSSR count). The van der Waals surface area contributed by atoms with Crippen molar-refractivity contribution in [1.29, 1.82) is 0 Å². The number of anilines is 2. The summed E-state index contributed by atoms with van der Waals surface area (Å²) in [5.74, 6) is -0.128. The molecule has 5 aliphatic rings. The molecule has 0 aromatic carbocycles. The van der Waals surface area contributed by atoms with Crippen LogP contribution in [0.25, 0.3) is 0 Å². The molecule has 5 aliphatic heterocycles. The summed E-state index contributed by atoms with van der Waals surface area (Å²) in [5, 5.41) is 0. The van der Waals surface area contributed by atoms with Crippen LogP contribution in [-0.2, 0) is 20.8 Å². The minimum absolute atomic E-state index is 0.0490. The van der Waals surface area contributed by atoms with E-state index in [0.29, 0.717) is 32.1 Å². The largest absolute Gasteiger partial charge is 0.408 e. The van der Waals surface area contributed by atoms with E-state index in [4.69, 9.17) is 9.47 Å². The fourth-order valence-corrected chi connectivity index (χ4v) is 5.87. The number of halogens is 3. The molecule has 0 radical (unpaired) electrons. The van der Waals surface area contributed by atoms with Crippen LogP contribution in [0.2, 0.25) is 0 Å². The molecule has 4 bridgehead atoms. The average Bonchev–Trinajstić information content (AvgIpc) is 3.49. The fourth-order valence-electron chi connectivity index (χ4n) is 5.87. The molecule has 6 heterocycles. The van der Waals surface area contributed by atoms with Crippen LogP contribution in [0.3, 0.4) is 0 Å². The van der Waals surface area contributed by atoms with Gasteiger partial charge in [0.15, 0.2) is 0 Å². The first kappa shape index (κ1) is 21.2. The number of fused-ring (bicyclic) bond motifs is 5. The van der Waals surface area contributed by atoms with Crippen LogP contribution in [0, 0.1) is 0 Å².